The van der Waals surface area contributed by atoms with Crippen LogP contribution >= 0.6 is 11.3 Å². The maximum absolute atomic E-state index is 5.98. The van der Waals surface area contributed by atoms with Crippen molar-refractivity contribution in [1.82, 2.24) is 4.98 Å². The average molecular weight is 476 g/mol. The molecule has 1 saturated carbocycles. The molecule has 1 aromatic heterocycles. The van der Waals surface area contributed by atoms with E-state index in [1.807, 2.05) is 6.20 Å². The second-order valence-electron chi connectivity index (χ2n) is 9.91. The summed E-state index contributed by atoms with van der Waals surface area (Å²) in [5.74, 6) is 1.99. The number of ether oxygens (including phenoxy) is 1. The molecule has 0 atom stereocenters. The lowest BCUT2D eigenvalue weighted by molar-refractivity contribution is 0.302. The normalized spacial score (nSPS) is 14.0. The molecule has 3 heteroatoms. The molecule has 0 unspecified atom stereocenters. The molecule has 182 valence electrons. The van der Waals surface area contributed by atoms with Crippen molar-refractivity contribution in [1.29, 1.82) is 0 Å². The minimum Gasteiger partial charge on any atom is -0.494 e. The monoisotopic (exact) mass is 475 g/mol. The first-order valence-corrected chi connectivity index (χ1v) is 14.4. The number of aromatic nitrogens is 1. The highest BCUT2D eigenvalue weighted by atomic mass is 32.1. The van der Waals surface area contributed by atoms with Crippen LogP contribution in [0, 0.1) is 5.92 Å². The standard InChI is InChI=1S/C31H41NOS/c1-2-3-4-6-12-26-15-17-28(18-16-26)31-32-24-30(34-31)27-19-21-29(22-20-27)33-23-10-5-7-11-25-13-8-9-14-25/h15-22,24-25H,2-14,23H2,1H3. The maximum Gasteiger partial charge on any atom is 0.123 e. The Bertz CT molecular complexity index is 954. The fourth-order valence-electron chi connectivity index (χ4n) is 5.03. The van der Waals surface area contributed by atoms with E-state index in [1.165, 1.54) is 98.6 Å². The topological polar surface area (TPSA) is 22.1 Å². The van der Waals surface area contributed by atoms with Gasteiger partial charge in [0, 0.05) is 11.8 Å². The van der Waals surface area contributed by atoms with Crippen molar-refractivity contribution in [3.63, 3.8) is 0 Å². The van der Waals surface area contributed by atoms with Crippen LogP contribution in [0.25, 0.3) is 21.0 Å². The first kappa shape index (κ1) is 25.0. The quantitative estimate of drug-likeness (QED) is 0.216. The molecule has 2 aromatic carbocycles. The molecule has 2 nitrogen and oxygen atoms in total. The van der Waals surface area contributed by atoms with E-state index in [9.17, 15) is 0 Å². The van der Waals surface area contributed by atoms with Crippen molar-refractivity contribution >= 4 is 11.3 Å². The number of rotatable bonds is 14. The predicted octanol–water partition coefficient (Wildman–Crippen LogP) is 9.73. The zero-order chi connectivity index (χ0) is 23.4. The Balaban J connectivity index is 1.21. The second kappa shape index (κ2) is 13.7. The van der Waals surface area contributed by atoms with Gasteiger partial charge >= 0.3 is 0 Å². The summed E-state index contributed by atoms with van der Waals surface area (Å²) in [6, 6.07) is 17.5. The van der Waals surface area contributed by atoms with E-state index >= 15 is 0 Å². The highest BCUT2D eigenvalue weighted by molar-refractivity contribution is 7.18. The number of unbranched alkanes of at least 4 members (excludes halogenated alkanes) is 5. The number of thiazole rings is 1. The Labute approximate surface area is 210 Å². The van der Waals surface area contributed by atoms with E-state index in [0.717, 1.165) is 29.7 Å². The van der Waals surface area contributed by atoms with E-state index in [-0.39, 0.29) is 0 Å². The summed E-state index contributed by atoms with van der Waals surface area (Å²) in [5, 5.41) is 1.09. The van der Waals surface area contributed by atoms with Gasteiger partial charge in [0.2, 0.25) is 0 Å². The minimum absolute atomic E-state index is 0.823. The minimum atomic E-state index is 0.823. The summed E-state index contributed by atoms with van der Waals surface area (Å²) in [6.07, 6.45) is 19.5. The zero-order valence-electron chi connectivity index (χ0n) is 20.9. The molecule has 4 rings (SSSR count). The van der Waals surface area contributed by atoms with Crippen molar-refractivity contribution in [2.45, 2.75) is 90.4 Å². The van der Waals surface area contributed by atoms with Crippen LogP contribution in [-0.4, -0.2) is 11.6 Å². The van der Waals surface area contributed by atoms with E-state index in [1.54, 1.807) is 11.3 Å². The molecular weight excluding hydrogens is 434 g/mol. The van der Waals surface area contributed by atoms with Crippen molar-refractivity contribution < 1.29 is 4.74 Å². The van der Waals surface area contributed by atoms with Crippen molar-refractivity contribution in [2.75, 3.05) is 6.61 Å². The SMILES string of the molecule is CCCCCCc1ccc(-c2ncc(-c3ccc(OCCCCCC4CCCC4)cc3)s2)cc1. The number of benzene rings is 2. The lowest BCUT2D eigenvalue weighted by atomic mass is 10.0. The second-order valence-corrected chi connectivity index (χ2v) is 10.9. The molecule has 34 heavy (non-hydrogen) atoms. The van der Waals surface area contributed by atoms with Gasteiger partial charge in [-0.25, -0.2) is 4.98 Å². The van der Waals surface area contributed by atoms with Crippen LogP contribution in [0.5, 0.6) is 5.75 Å². The lowest BCUT2D eigenvalue weighted by Gasteiger charge is -2.09. The molecule has 1 heterocycles. The molecule has 0 N–H and O–H groups in total. The summed E-state index contributed by atoms with van der Waals surface area (Å²) < 4.78 is 5.98. The van der Waals surface area contributed by atoms with Gasteiger partial charge in [0.15, 0.2) is 0 Å². The third kappa shape index (κ3) is 7.70. The Morgan fingerprint density at radius 2 is 1.56 bits per heavy atom. The fourth-order valence-corrected chi connectivity index (χ4v) is 5.95. The molecule has 1 aliphatic carbocycles. The molecule has 0 bridgehead atoms. The van der Waals surface area contributed by atoms with Gasteiger partial charge < -0.3 is 4.74 Å². The summed E-state index contributed by atoms with van der Waals surface area (Å²) >= 11 is 1.76. The van der Waals surface area contributed by atoms with Crippen LogP contribution in [0.1, 0.15) is 89.5 Å². The number of hydrogen-bond donors (Lipinski definition) is 0. The van der Waals surface area contributed by atoms with Gasteiger partial charge in [-0.15, -0.1) is 11.3 Å². The van der Waals surface area contributed by atoms with Gasteiger partial charge in [-0.3, -0.25) is 0 Å². The smallest absolute Gasteiger partial charge is 0.123 e. The van der Waals surface area contributed by atoms with Gasteiger partial charge in [-0.05, 0) is 60.6 Å². The molecule has 1 fully saturated rings. The van der Waals surface area contributed by atoms with E-state index in [2.05, 4.69) is 55.5 Å². The number of aryl methyl sites for hydroxylation is 1. The Morgan fingerprint density at radius 1 is 0.824 bits per heavy atom. The van der Waals surface area contributed by atoms with Gasteiger partial charge in [-0.2, -0.15) is 0 Å². The van der Waals surface area contributed by atoms with E-state index in [4.69, 9.17) is 9.72 Å². The molecular formula is C31H41NOS. The van der Waals surface area contributed by atoms with Crippen LogP contribution in [0.2, 0.25) is 0 Å². The van der Waals surface area contributed by atoms with E-state index in [0.29, 0.717) is 0 Å². The average Bonchev–Trinajstić information content (AvgIpc) is 3.58. The molecule has 1 aliphatic rings. The largest absolute Gasteiger partial charge is 0.494 e. The summed E-state index contributed by atoms with van der Waals surface area (Å²) in [4.78, 5) is 5.90. The first-order valence-electron chi connectivity index (χ1n) is 13.6. The predicted molar refractivity (Wildman–Crippen MR) is 147 cm³/mol. The molecule has 0 saturated heterocycles. The third-order valence-corrected chi connectivity index (χ3v) is 8.26. The van der Waals surface area contributed by atoms with Crippen molar-refractivity contribution in [2.24, 2.45) is 5.92 Å². The Hall–Kier alpha value is -2.13. The molecule has 3 aromatic rings. The van der Waals surface area contributed by atoms with Crippen LogP contribution in [0.4, 0.5) is 0 Å². The van der Waals surface area contributed by atoms with Crippen LogP contribution in [0.15, 0.2) is 54.7 Å². The highest BCUT2D eigenvalue weighted by Gasteiger charge is 2.13. The summed E-state index contributed by atoms with van der Waals surface area (Å²) in [5.41, 5.74) is 3.85. The maximum atomic E-state index is 5.98. The first-order chi connectivity index (χ1) is 16.8. The highest BCUT2D eigenvalue weighted by Crippen LogP contribution is 2.33. The summed E-state index contributed by atoms with van der Waals surface area (Å²) in [7, 11) is 0. The van der Waals surface area contributed by atoms with Crippen LogP contribution in [-0.2, 0) is 6.42 Å². The zero-order valence-corrected chi connectivity index (χ0v) is 21.8. The van der Waals surface area contributed by atoms with Crippen molar-refractivity contribution in [3.05, 3.63) is 60.3 Å². The number of nitrogens with zero attached hydrogens (tertiary/aromatic N) is 1. The molecule has 0 aliphatic heterocycles. The third-order valence-electron chi connectivity index (χ3n) is 7.16. The summed E-state index contributed by atoms with van der Waals surface area (Å²) in [6.45, 7) is 3.09. The van der Waals surface area contributed by atoms with Gasteiger partial charge in [0.25, 0.3) is 0 Å². The van der Waals surface area contributed by atoms with Crippen LogP contribution in [0.3, 0.4) is 0 Å². The van der Waals surface area contributed by atoms with E-state index < -0.39 is 0 Å². The Morgan fingerprint density at radius 3 is 2.32 bits per heavy atom. The van der Waals surface area contributed by atoms with Crippen LogP contribution < -0.4 is 4.74 Å². The number of hydrogen-bond acceptors (Lipinski definition) is 3. The van der Waals surface area contributed by atoms with Gasteiger partial charge in [0.05, 0.1) is 11.5 Å². The molecule has 0 radical (unpaired) electrons. The fraction of sp³-hybridized carbons (Fsp3) is 0.516. The Kier molecular flexibility index (Phi) is 10.1. The molecule has 0 amide bonds. The van der Waals surface area contributed by atoms with Gasteiger partial charge in [0.1, 0.15) is 10.8 Å². The molecule has 0 spiro atoms. The van der Waals surface area contributed by atoms with Gasteiger partial charge in [-0.1, -0.05) is 95.4 Å². The lowest BCUT2D eigenvalue weighted by Crippen LogP contribution is -1.98. The van der Waals surface area contributed by atoms with Crippen molar-refractivity contribution in [3.8, 4) is 26.8 Å².